The van der Waals surface area contributed by atoms with Gasteiger partial charge in [-0.25, -0.2) is 5.10 Å². The van der Waals surface area contributed by atoms with E-state index < -0.39 is 17.3 Å². The van der Waals surface area contributed by atoms with Crippen molar-refractivity contribution in [3.8, 4) is 5.69 Å². The van der Waals surface area contributed by atoms with Crippen molar-refractivity contribution >= 4 is 22.6 Å². The second-order valence-corrected chi connectivity index (χ2v) is 6.62. The number of aromatic nitrogens is 4. The van der Waals surface area contributed by atoms with E-state index in [0.29, 0.717) is 10.8 Å². The molecule has 2 aromatic carbocycles. The van der Waals surface area contributed by atoms with Crippen molar-refractivity contribution in [2.45, 2.75) is 12.6 Å². The monoisotopic (exact) mass is 405 g/mol. The minimum absolute atomic E-state index is 0.109. The number of para-hydroxylation sites is 1. The van der Waals surface area contributed by atoms with Crippen molar-refractivity contribution in [3.63, 3.8) is 0 Å². The van der Waals surface area contributed by atoms with Gasteiger partial charge in [0, 0.05) is 5.02 Å². The predicted octanol–water partition coefficient (Wildman–Crippen LogP) is 3.79. The molecule has 0 unspecified atom stereocenters. The first-order chi connectivity index (χ1) is 13.3. The zero-order chi connectivity index (χ0) is 19.9. The molecule has 0 aliphatic heterocycles. The molecule has 0 amide bonds. The zero-order valence-electron chi connectivity index (χ0n) is 14.2. The highest BCUT2D eigenvalue weighted by Gasteiger charge is 2.36. The molecule has 9 heteroatoms. The van der Waals surface area contributed by atoms with Crippen LogP contribution in [0.15, 0.2) is 59.5 Å². The van der Waals surface area contributed by atoms with E-state index in [2.05, 4.69) is 15.1 Å². The van der Waals surface area contributed by atoms with Crippen molar-refractivity contribution in [1.82, 2.24) is 15.1 Å². The molecule has 2 N–H and O–H groups in total. The fourth-order valence-corrected chi connectivity index (χ4v) is 3.24. The number of aromatic amines is 2. The van der Waals surface area contributed by atoms with Gasteiger partial charge in [-0.2, -0.15) is 13.2 Å². The third kappa shape index (κ3) is 3.38. The molecular weight excluding hydrogens is 393 g/mol. The lowest BCUT2D eigenvalue weighted by Crippen LogP contribution is -2.37. The number of nitrogens with one attached hydrogen (secondary N) is 2. The Morgan fingerprint density at radius 2 is 1.89 bits per heavy atom. The first kappa shape index (κ1) is 18.2. The van der Waals surface area contributed by atoms with E-state index in [1.165, 1.54) is 24.4 Å². The van der Waals surface area contributed by atoms with Crippen LogP contribution < -0.4 is 10.2 Å². The van der Waals surface area contributed by atoms with E-state index in [9.17, 15) is 18.0 Å². The molecule has 0 radical (unpaired) electrons. The van der Waals surface area contributed by atoms with Gasteiger partial charge in [0.05, 0.1) is 12.6 Å². The van der Waals surface area contributed by atoms with Crippen LogP contribution in [0.3, 0.4) is 0 Å². The summed E-state index contributed by atoms with van der Waals surface area (Å²) in [6.07, 6.45) is -2.94. The zero-order valence-corrected chi connectivity index (χ0v) is 15.0. The number of benzene rings is 2. The van der Waals surface area contributed by atoms with Gasteiger partial charge in [-0.1, -0.05) is 35.9 Å². The first-order valence-corrected chi connectivity index (χ1v) is 8.64. The average molecular weight is 406 g/mol. The topological polar surface area (TPSA) is 65.4 Å². The number of alkyl halides is 3. The predicted molar refractivity (Wildman–Crippen MR) is 97.5 cm³/mol. The number of fused-ring (bicyclic) bond motifs is 1. The molecule has 28 heavy (non-hydrogen) atoms. The maximum absolute atomic E-state index is 13.4. The lowest BCUT2D eigenvalue weighted by atomic mass is 10.1. The molecule has 2 heterocycles. The normalized spacial score (nSPS) is 11.9. The van der Waals surface area contributed by atoms with E-state index in [0.717, 1.165) is 16.3 Å². The minimum atomic E-state index is -4.55. The van der Waals surface area contributed by atoms with Crippen LogP contribution in [0, 0.1) is 0 Å². The molecular formula is C19H13ClF3N4O+. The SMILES string of the molecule is O=c1[nH]c(Cc2cccc(Cl)c2)nc2c1c[nH][n+]2-c1ccccc1C(F)(F)F. The standard InChI is InChI=1S/C19H12ClF3N4O/c20-12-5-3-4-11(8-12)9-16-25-17-13(18(28)26-16)10-24-27(17)15-7-2-1-6-14(15)19(21,22)23/h1-8,10H,9H2,(H,24,25,26,28)/p+1. The minimum Gasteiger partial charge on any atom is -0.288 e. The highest BCUT2D eigenvalue weighted by Crippen LogP contribution is 2.32. The molecule has 5 nitrogen and oxygen atoms in total. The van der Waals surface area contributed by atoms with Gasteiger partial charge >= 0.3 is 11.8 Å². The Hall–Kier alpha value is -3.13. The Morgan fingerprint density at radius 1 is 1.11 bits per heavy atom. The van der Waals surface area contributed by atoms with Gasteiger partial charge < -0.3 is 0 Å². The van der Waals surface area contributed by atoms with E-state index >= 15 is 0 Å². The molecule has 0 saturated carbocycles. The summed E-state index contributed by atoms with van der Waals surface area (Å²) in [6.45, 7) is 0. The van der Waals surface area contributed by atoms with Crippen molar-refractivity contribution in [1.29, 1.82) is 0 Å². The largest absolute Gasteiger partial charge is 0.420 e. The van der Waals surface area contributed by atoms with Crippen LogP contribution in [0.4, 0.5) is 13.2 Å². The fraction of sp³-hybridized carbons (Fsp3) is 0.105. The van der Waals surface area contributed by atoms with Gasteiger partial charge in [0.25, 0.3) is 5.56 Å². The summed E-state index contributed by atoms with van der Waals surface area (Å²) in [5.74, 6) is 0.317. The molecule has 142 valence electrons. The number of nitrogens with zero attached hydrogens (tertiary/aromatic N) is 2. The smallest absolute Gasteiger partial charge is 0.288 e. The molecule has 0 bridgehead atoms. The summed E-state index contributed by atoms with van der Waals surface area (Å²) in [5, 5.41) is 3.39. The van der Waals surface area contributed by atoms with E-state index in [1.807, 2.05) is 6.07 Å². The maximum Gasteiger partial charge on any atom is 0.420 e. The van der Waals surface area contributed by atoms with Gasteiger partial charge in [-0.3, -0.25) is 9.78 Å². The van der Waals surface area contributed by atoms with Crippen molar-refractivity contribution in [2.75, 3.05) is 0 Å². The van der Waals surface area contributed by atoms with Gasteiger partial charge in [-0.05, 0) is 34.8 Å². The third-order valence-electron chi connectivity index (χ3n) is 4.24. The van der Waals surface area contributed by atoms with Crippen molar-refractivity contribution in [2.24, 2.45) is 0 Å². The highest BCUT2D eigenvalue weighted by molar-refractivity contribution is 6.30. The Balaban J connectivity index is 1.87. The lowest BCUT2D eigenvalue weighted by Gasteiger charge is -2.09. The highest BCUT2D eigenvalue weighted by atomic mass is 35.5. The number of hydrogen-bond donors (Lipinski definition) is 2. The Labute approximate surface area is 161 Å². The summed E-state index contributed by atoms with van der Waals surface area (Å²) >= 11 is 5.98. The second-order valence-electron chi connectivity index (χ2n) is 6.18. The molecule has 4 aromatic rings. The summed E-state index contributed by atoms with van der Waals surface area (Å²) in [5.41, 5.74) is -0.495. The van der Waals surface area contributed by atoms with Crippen molar-refractivity contribution < 1.29 is 17.9 Å². The summed E-state index contributed by atoms with van der Waals surface area (Å²) in [4.78, 5) is 19.5. The van der Waals surface area contributed by atoms with Crippen LogP contribution in [0.25, 0.3) is 16.7 Å². The van der Waals surface area contributed by atoms with Crippen LogP contribution in [0.5, 0.6) is 0 Å². The molecule has 0 aliphatic rings. The Morgan fingerprint density at radius 3 is 2.64 bits per heavy atom. The molecule has 0 aliphatic carbocycles. The van der Waals surface area contributed by atoms with Gasteiger partial charge in [-0.15, -0.1) is 4.68 Å². The van der Waals surface area contributed by atoms with E-state index in [1.54, 1.807) is 18.2 Å². The summed E-state index contributed by atoms with van der Waals surface area (Å²) in [7, 11) is 0. The second kappa shape index (κ2) is 6.79. The quantitative estimate of drug-likeness (QED) is 0.509. The number of halogens is 4. The van der Waals surface area contributed by atoms with E-state index in [4.69, 9.17) is 11.6 Å². The van der Waals surface area contributed by atoms with Crippen LogP contribution in [-0.2, 0) is 12.6 Å². The van der Waals surface area contributed by atoms with Crippen LogP contribution >= 0.6 is 11.6 Å². The van der Waals surface area contributed by atoms with Crippen molar-refractivity contribution in [3.05, 3.63) is 87.1 Å². The van der Waals surface area contributed by atoms with Gasteiger partial charge in [0.2, 0.25) is 5.82 Å². The molecule has 0 atom stereocenters. The average Bonchev–Trinajstić information content (AvgIpc) is 3.05. The lowest BCUT2D eigenvalue weighted by molar-refractivity contribution is -0.633. The third-order valence-corrected chi connectivity index (χ3v) is 4.48. The molecule has 0 spiro atoms. The Kier molecular flexibility index (Phi) is 4.43. The first-order valence-electron chi connectivity index (χ1n) is 8.26. The maximum atomic E-state index is 13.4. The number of hydrogen-bond acceptors (Lipinski definition) is 2. The van der Waals surface area contributed by atoms with Crippen LogP contribution in [0.1, 0.15) is 17.0 Å². The van der Waals surface area contributed by atoms with Gasteiger partial charge in [0.15, 0.2) is 11.1 Å². The fourth-order valence-electron chi connectivity index (χ4n) is 3.02. The van der Waals surface area contributed by atoms with Crippen LogP contribution in [-0.4, -0.2) is 15.1 Å². The Bertz CT molecular complexity index is 1230. The van der Waals surface area contributed by atoms with E-state index in [-0.39, 0.29) is 23.1 Å². The van der Waals surface area contributed by atoms with Gasteiger partial charge in [0.1, 0.15) is 5.56 Å². The molecule has 0 fully saturated rings. The summed E-state index contributed by atoms with van der Waals surface area (Å²) in [6, 6.07) is 12.1. The number of H-pyrrole nitrogens is 2. The molecule has 2 aromatic heterocycles. The number of rotatable bonds is 3. The molecule has 0 saturated heterocycles. The van der Waals surface area contributed by atoms with Crippen LogP contribution in [0.2, 0.25) is 5.02 Å². The summed E-state index contributed by atoms with van der Waals surface area (Å²) < 4.78 is 41.4. The molecule has 4 rings (SSSR count).